The molecule has 2 bridgehead atoms. The number of pyridine rings is 2. The normalized spacial score (nSPS) is 26.0. The second-order valence-corrected chi connectivity index (χ2v) is 23.7. The largest absolute Gasteiger partial charge is 0.497 e. The highest BCUT2D eigenvalue weighted by atomic mass is 32.2. The van der Waals surface area contributed by atoms with Gasteiger partial charge in [-0.3, -0.25) is 9.80 Å². The van der Waals surface area contributed by atoms with Crippen molar-refractivity contribution in [2.24, 2.45) is 5.41 Å². The summed E-state index contributed by atoms with van der Waals surface area (Å²) in [4.78, 5) is 43.6. The predicted octanol–water partition coefficient (Wildman–Crippen LogP) is 10.8. The molecule has 16 heteroatoms. The number of carbonyl (C=O) groups excluding carboxylic acids is 1. The van der Waals surface area contributed by atoms with Gasteiger partial charge in [-0.25, -0.2) is 33.5 Å². The highest BCUT2D eigenvalue weighted by Gasteiger charge is 2.55. The van der Waals surface area contributed by atoms with Crippen LogP contribution in [0.3, 0.4) is 0 Å². The maximum Gasteiger partial charge on any atom is 0.410 e. The van der Waals surface area contributed by atoms with Crippen molar-refractivity contribution in [3.8, 4) is 28.8 Å². The number of anilines is 2. The molecule has 6 aliphatic rings. The number of methoxy groups -OCH3 is 2. The summed E-state index contributed by atoms with van der Waals surface area (Å²) in [5.41, 5.74) is 4.56. The number of alkyl halides is 1. The van der Waals surface area contributed by atoms with Gasteiger partial charge in [0.15, 0.2) is 11.0 Å². The van der Waals surface area contributed by atoms with E-state index in [1.807, 2.05) is 81.1 Å². The van der Waals surface area contributed by atoms with E-state index in [1.165, 1.54) is 11.8 Å². The molecule has 5 aromatic rings. The lowest BCUT2D eigenvalue weighted by molar-refractivity contribution is 0.000942. The van der Waals surface area contributed by atoms with E-state index >= 15 is 8.78 Å². The maximum atomic E-state index is 18.6. The number of benzene rings is 2. The zero-order valence-corrected chi connectivity index (χ0v) is 43.7. The number of aryl methyl sites for hydroxylation is 1. The summed E-state index contributed by atoms with van der Waals surface area (Å²) in [6.45, 7) is 21.0. The van der Waals surface area contributed by atoms with Crippen LogP contribution < -0.4 is 24.0 Å². The molecule has 11 rings (SSSR count). The standard InChI is InChI=1S/C56H66F2N8O5S/c1-31-22-56(23-36(57)28-64(56)25-31)30-72-52-61-46-44-50(62-52)65-29-37-15-20-41(66(37)53(67)71-54(4,5)6)49(65)33(3)70-51(44)60-48(45(46)58)47-43(40-24-55(40,7)8)32(2)21-42(59-47)63(26-34-11-16-38(68-9)17-12-34)27-35-13-18-39(69-10)19-14-35/h11-14,16-19,21,33,36-37,40-41,49H,1,15,20,22-30H2,2-10H3/t33-,36+,37+,40?,41-,49+,56?/m0/s1. The second-order valence-electron chi connectivity index (χ2n) is 22.8. The lowest BCUT2D eigenvalue weighted by Crippen LogP contribution is -2.65. The fourth-order valence-corrected chi connectivity index (χ4v) is 13.5. The number of hydrogen-bond acceptors (Lipinski definition) is 13. The molecule has 13 nitrogen and oxygen atoms in total. The van der Waals surface area contributed by atoms with E-state index in [2.05, 4.69) is 48.1 Å². The van der Waals surface area contributed by atoms with Crippen molar-refractivity contribution in [2.75, 3.05) is 49.4 Å². The Balaban J connectivity index is 1.07. The molecule has 7 atom stereocenters. The van der Waals surface area contributed by atoms with Crippen molar-refractivity contribution in [2.45, 2.75) is 146 Å². The molecule has 3 aromatic heterocycles. The van der Waals surface area contributed by atoms with E-state index in [0.29, 0.717) is 79.2 Å². The Morgan fingerprint density at radius 2 is 1.61 bits per heavy atom. The smallest absolute Gasteiger partial charge is 0.410 e. The topological polar surface area (TPSA) is 119 Å². The number of carbonyl (C=O) groups is 1. The minimum Gasteiger partial charge on any atom is -0.497 e. The summed E-state index contributed by atoms with van der Waals surface area (Å²) in [7, 11) is 3.31. The third-order valence-corrected chi connectivity index (χ3v) is 17.1. The Bertz CT molecular complexity index is 2900. The molecule has 0 spiro atoms. The van der Waals surface area contributed by atoms with Crippen LogP contribution in [0.2, 0.25) is 0 Å². The number of piperazine rings is 1. The summed E-state index contributed by atoms with van der Waals surface area (Å²) in [6, 6.07) is 17.3. The fourth-order valence-electron chi connectivity index (χ4n) is 12.4. The van der Waals surface area contributed by atoms with Gasteiger partial charge in [-0.05, 0) is 131 Å². The van der Waals surface area contributed by atoms with Crippen molar-refractivity contribution in [1.29, 1.82) is 0 Å². The van der Waals surface area contributed by atoms with E-state index in [9.17, 15) is 4.79 Å². The summed E-state index contributed by atoms with van der Waals surface area (Å²) < 4.78 is 57.8. The molecule has 2 unspecified atom stereocenters. The first-order chi connectivity index (χ1) is 34.3. The third-order valence-electron chi connectivity index (χ3n) is 16.0. The molecule has 380 valence electrons. The maximum absolute atomic E-state index is 18.6. The molecule has 5 aliphatic heterocycles. The summed E-state index contributed by atoms with van der Waals surface area (Å²) in [5.74, 6) is 2.95. The molecular weight excluding hydrogens is 935 g/mol. The van der Waals surface area contributed by atoms with Crippen molar-refractivity contribution < 1.29 is 32.5 Å². The number of halogens is 2. The lowest BCUT2D eigenvalue weighted by atomic mass is 9.95. The lowest BCUT2D eigenvalue weighted by Gasteiger charge is -2.48. The molecule has 4 saturated heterocycles. The minimum absolute atomic E-state index is 0.0438. The molecule has 72 heavy (non-hydrogen) atoms. The van der Waals surface area contributed by atoms with Crippen LogP contribution in [0.4, 0.5) is 25.2 Å². The van der Waals surface area contributed by atoms with E-state index in [1.54, 1.807) is 14.2 Å². The molecule has 0 N–H and O–H groups in total. The van der Waals surface area contributed by atoms with Gasteiger partial charge >= 0.3 is 6.09 Å². The van der Waals surface area contributed by atoms with Crippen LogP contribution in [0.15, 0.2) is 71.9 Å². The number of thioether (sulfide) groups is 1. The molecule has 0 radical (unpaired) electrons. The zero-order valence-electron chi connectivity index (χ0n) is 42.9. The number of aromatic nitrogens is 4. The highest BCUT2D eigenvalue weighted by molar-refractivity contribution is 7.99. The molecular formula is C56H66F2N8O5S. The first-order valence-corrected chi connectivity index (χ1v) is 26.4. The summed E-state index contributed by atoms with van der Waals surface area (Å²) in [6.07, 6.45) is 1.70. The summed E-state index contributed by atoms with van der Waals surface area (Å²) >= 11 is 1.43. The molecule has 1 saturated carbocycles. The number of hydrogen-bond donors (Lipinski definition) is 0. The van der Waals surface area contributed by atoms with Crippen LogP contribution in [0.5, 0.6) is 17.4 Å². The Hall–Kier alpha value is -5.74. The van der Waals surface area contributed by atoms with Crippen LogP contribution in [0.25, 0.3) is 22.3 Å². The molecule has 1 aliphatic carbocycles. The second kappa shape index (κ2) is 18.0. The Morgan fingerprint density at radius 1 is 0.944 bits per heavy atom. The number of rotatable bonds is 12. The van der Waals surface area contributed by atoms with Gasteiger partial charge < -0.3 is 28.7 Å². The number of amides is 1. The number of nitrogens with zero attached hydrogens (tertiary/aromatic N) is 8. The molecule has 1 amide bonds. The Kier molecular flexibility index (Phi) is 12.2. The van der Waals surface area contributed by atoms with E-state index in [4.69, 9.17) is 38.9 Å². The van der Waals surface area contributed by atoms with Crippen molar-refractivity contribution in [3.63, 3.8) is 0 Å². The minimum atomic E-state index is -0.939. The van der Waals surface area contributed by atoms with Gasteiger partial charge in [-0.2, -0.15) is 0 Å². The van der Waals surface area contributed by atoms with Gasteiger partial charge in [0.2, 0.25) is 5.88 Å². The van der Waals surface area contributed by atoms with E-state index in [-0.39, 0.29) is 52.6 Å². The number of ether oxygens (including phenoxy) is 4. The van der Waals surface area contributed by atoms with Crippen LogP contribution in [0.1, 0.15) is 102 Å². The van der Waals surface area contributed by atoms with Gasteiger partial charge in [-0.15, -0.1) is 0 Å². The van der Waals surface area contributed by atoms with Crippen LogP contribution in [0, 0.1) is 18.2 Å². The molecule has 8 heterocycles. The number of fused-ring (bicyclic) bond motifs is 6. The van der Waals surface area contributed by atoms with E-state index in [0.717, 1.165) is 58.6 Å². The first kappa shape index (κ1) is 48.5. The van der Waals surface area contributed by atoms with Crippen LogP contribution in [-0.4, -0.2) is 117 Å². The summed E-state index contributed by atoms with van der Waals surface area (Å²) in [5, 5.41) is 0.774. The monoisotopic (exact) mass is 1000 g/mol. The van der Waals surface area contributed by atoms with Gasteiger partial charge in [0.25, 0.3) is 0 Å². The SMILES string of the molecule is C=C1CN2C[C@H](F)CC2(CSc2nc3c4c(nc(-c5nc(N(Cc6ccc(OC)cc6)Cc6ccc(OC)cc6)cc(C)c5C5CC5(C)C)c(F)c4n2)O[C@@H](C)[C@@H]2[C@@H]4CC[C@H](CN32)N4C(=O)OC(C)(C)C)C1. The van der Waals surface area contributed by atoms with Crippen molar-refractivity contribution in [3.05, 3.63) is 94.8 Å². The third kappa shape index (κ3) is 8.77. The molecule has 2 aromatic carbocycles. The van der Waals surface area contributed by atoms with Gasteiger partial charge in [0, 0.05) is 44.0 Å². The van der Waals surface area contributed by atoms with Crippen LogP contribution in [-0.2, 0) is 17.8 Å². The van der Waals surface area contributed by atoms with Crippen molar-refractivity contribution in [1.82, 2.24) is 29.7 Å². The Morgan fingerprint density at radius 3 is 2.24 bits per heavy atom. The fraction of sp³-hybridized carbons (Fsp3) is 0.518. The van der Waals surface area contributed by atoms with E-state index < -0.39 is 29.2 Å². The molecule has 5 fully saturated rings. The Labute approximate surface area is 425 Å². The highest BCUT2D eigenvalue weighted by Crippen LogP contribution is 2.61. The van der Waals surface area contributed by atoms with Gasteiger partial charge in [0.1, 0.15) is 57.6 Å². The average molecular weight is 1000 g/mol. The first-order valence-electron chi connectivity index (χ1n) is 25.4. The quantitative estimate of drug-likeness (QED) is 0.0671. The van der Waals surface area contributed by atoms with Gasteiger partial charge in [0.05, 0.1) is 38.0 Å². The van der Waals surface area contributed by atoms with Crippen molar-refractivity contribution >= 4 is 40.4 Å². The predicted molar refractivity (Wildman–Crippen MR) is 277 cm³/mol. The average Bonchev–Trinajstić information content (AvgIpc) is 3.53. The van der Waals surface area contributed by atoms with Crippen LogP contribution >= 0.6 is 11.8 Å². The zero-order chi connectivity index (χ0) is 50.6. The van der Waals surface area contributed by atoms with Gasteiger partial charge in [-0.1, -0.05) is 62.0 Å².